The SMILES string of the molecule is Cc1ccc(CC(CBr)(CBr)c2cccc(Br)c2)cc1C. The van der Waals surface area contributed by atoms with Crippen LogP contribution in [0.4, 0.5) is 0 Å². The van der Waals surface area contributed by atoms with Crippen LogP contribution >= 0.6 is 47.8 Å². The molecule has 0 aliphatic heterocycles. The topological polar surface area (TPSA) is 0 Å². The van der Waals surface area contributed by atoms with Gasteiger partial charge in [-0.05, 0) is 54.7 Å². The smallest absolute Gasteiger partial charge is 0.0187 e. The molecule has 3 heteroatoms. The highest BCUT2D eigenvalue weighted by molar-refractivity contribution is 9.10. The maximum atomic E-state index is 3.74. The summed E-state index contributed by atoms with van der Waals surface area (Å²) in [6.07, 6.45) is 1.01. The third-order valence-electron chi connectivity index (χ3n) is 4.06. The Hall–Kier alpha value is -0.120. The predicted octanol–water partition coefficient (Wildman–Crippen LogP) is 6.34. The average Bonchev–Trinajstić information content (AvgIpc) is 2.48. The maximum Gasteiger partial charge on any atom is 0.0187 e. The Balaban J connectivity index is 2.40. The van der Waals surface area contributed by atoms with E-state index >= 15 is 0 Å². The Bertz CT molecular complexity index is 616. The van der Waals surface area contributed by atoms with Crippen LogP contribution in [0.3, 0.4) is 0 Å². The van der Waals surface area contributed by atoms with Gasteiger partial charge >= 0.3 is 0 Å². The Kier molecular flexibility index (Phi) is 6.10. The van der Waals surface area contributed by atoms with Crippen LogP contribution in [0.5, 0.6) is 0 Å². The maximum absolute atomic E-state index is 3.74. The lowest BCUT2D eigenvalue weighted by atomic mass is 9.79. The van der Waals surface area contributed by atoms with E-state index in [1.54, 1.807) is 0 Å². The highest BCUT2D eigenvalue weighted by Gasteiger charge is 2.30. The van der Waals surface area contributed by atoms with Crippen LogP contribution in [0.2, 0.25) is 0 Å². The number of benzene rings is 2. The Morgan fingerprint density at radius 3 is 2.19 bits per heavy atom. The molecule has 0 heterocycles. The summed E-state index contributed by atoms with van der Waals surface area (Å²) < 4.78 is 1.13. The quantitative estimate of drug-likeness (QED) is 0.444. The Morgan fingerprint density at radius 1 is 0.905 bits per heavy atom. The first kappa shape index (κ1) is 17.2. The largest absolute Gasteiger partial charge is 0.0918 e. The molecule has 0 spiro atoms. The Labute approximate surface area is 152 Å². The Morgan fingerprint density at radius 2 is 1.62 bits per heavy atom. The summed E-state index contributed by atoms with van der Waals surface area (Å²) in [5.41, 5.74) is 5.51. The van der Waals surface area contributed by atoms with Gasteiger partial charge in [-0.3, -0.25) is 0 Å². The number of rotatable bonds is 5. The monoisotopic (exact) mass is 472 g/mol. The summed E-state index contributed by atoms with van der Waals surface area (Å²) in [6.45, 7) is 4.34. The molecule has 0 nitrogen and oxygen atoms in total. The van der Waals surface area contributed by atoms with Crippen molar-refractivity contribution in [2.24, 2.45) is 0 Å². The van der Waals surface area contributed by atoms with Crippen LogP contribution in [-0.4, -0.2) is 10.7 Å². The first-order chi connectivity index (χ1) is 10.0. The van der Waals surface area contributed by atoms with Gasteiger partial charge in [-0.2, -0.15) is 0 Å². The van der Waals surface area contributed by atoms with Crippen molar-refractivity contribution >= 4 is 47.8 Å². The van der Waals surface area contributed by atoms with E-state index in [1.807, 2.05) is 0 Å². The molecule has 112 valence electrons. The van der Waals surface area contributed by atoms with Crippen LogP contribution in [0.25, 0.3) is 0 Å². The minimum Gasteiger partial charge on any atom is -0.0918 e. The number of aryl methyl sites for hydroxylation is 2. The lowest BCUT2D eigenvalue weighted by Crippen LogP contribution is -2.33. The number of halogens is 3. The fraction of sp³-hybridized carbons (Fsp3) is 0.333. The standard InChI is InChI=1S/C18H19Br3/c1-13-6-7-15(8-14(13)2)10-18(11-19,12-20)16-4-3-5-17(21)9-16/h3-9H,10-12H2,1-2H3. The van der Waals surface area contributed by atoms with Gasteiger partial charge in [0.2, 0.25) is 0 Å². The summed E-state index contributed by atoms with van der Waals surface area (Å²) in [5, 5.41) is 1.85. The fourth-order valence-electron chi connectivity index (χ4n) is 2.51. The summed E-state index contributed by atoms with van der Waals surface area (Å²) in [6, 6.07) is 15.4. The van der Waals surface area contributed by atoms with E-state index < -0.39 is 0 Å². The first-order valence-electron chi connectivity index (χ1n) is 6.95. The van der Waals surface area contributed by atoms with Gasteiger partial charge in [0.1, 0.15) is 0 Å². The van der Waals surface area contributed by atoms with Gasteiger partial charge < -0.3 is 0 Å². The molecule has 0 radical (unpaired) electrons. The zero-order chi connectivity index (χ0) is 15.5. The molecule has 21 heavy (non-hydrogen) atoms. The van der Waals surface area contributed by atoms with Gasteiger partial charge in [-0.1, -0.05) is 78.1 Å². The second kappa shape index (κ2) is 7.43. The molecular formula is C18H19Br3. The lowest BCUT2D eigenvalue weighted by molar-refractivity contribution is 0.550. The van der Waals surface area contributed by atoms with Gasteiger partial charge in [0.15, 0.2) is 0 Å². The third-order valence-corrected chi connectivity index (χ3v) is 6.70. The van der Waals surface area contributed by atoms with E-state index in [2.05, 4.69) is 104 Å². The second-order valence-electron chi connectivity index (χ2n) is 5.65. The molecule has 0 bridgehead atoms. The predicted molar refractivity (Wildman–Crippen MR) is 103 cm³/mol. The minimum absolute atomic E-state index is 0.0610. The molecule has 0 saturated carbocycles. The summed E-state index contributed by atoms with van der Waals surface area (Å²) in [4.78, 5) is 0. The molecule has 0 amide bonds. The third kappa shape index (κ3) is 4.00. The molecule has 0 fully saturated rings. The van der Waals surface area contributed by atoms with Gasteiger partial charge in [-0.15, -0.1) is 0 Å². The average molecular weight is 475 g/mol. The van der Waals surface area contributed by atoms with Crippen LogP contribution < -0.4 is 0 Å². The van der Waals surface area contributed by atoms with Crippen LogP contribution in [0.15, 0.2) is 46.9 Å². The van der Waals surface area contributed by atoms with E-state index in [1.165, 1.54) is 22.3 Å². The van der Waals surface area contributed by atoms with Gasteiger partial charge in [0.25, 0.3) is 0 Å². The number of hydrogen-bond acceptors (Lipinski definition) is 0. The summed E-state index contributed by atoms with van der Waals surface area (Å²) >= 11 is 11.1. The zero-order valence-electron chi connectivity index (χ0n) is 12.3. The highest BCUT2D eigenvalue weighted by Crippen LogP contribution is 2.34. The molecule has 0 aliphatic rings. The highest BCUT2D eigenvalue weighted by atomic mass is 79.9. The fourth-order valence-corrected chi connectivity index (χ4v) is 4.88. The van der Waals surface area contributed by atoms with Crippen molar-refractivity contribution in [2.45, 2.75) is 25.7 Å². The van der Waals surface area contributed by atoms with Crippen molar-refractivity contribution < 1.29 is 0 Å². The molecule has 2 aromatic carbocycles. The molecule has 2 rings (SSSR count). The van der Waals surface area contributed by atoms with Crippen molar-refractivity contribution in [1.82, 2.24) is 0 Å². The molecule has 0 atom stereocenters. The second-order valence-corrected chi connectivity index (χ2v) is 7.69. The lowest BCUT2D eigenvalue weighted by Gasteiger charge is -2.31. The van der Waals surface area contributed by atoms with Gasteiger partial charge in [0, 0.05) is 20.5 Å². The van der Waals surface area contributed by atoms with Crippen molar-refractivity contribution in [3.8, 4) is 0 Å². The first-order valence-corrected chi connectivity index (χ1v) is 9.98. The number of hydrogen-bond donors (Lipinski definition) is 0. The molecule has 2 aromatic rings. The van der Waals surface area contributed by atoms with E-state index in [-0.39, 0.29) is 5.41 Å². The summed E-state index contributed by atoms with van der Waals surface area (Å²) in [5.74, 6) is 0. The molecule has 0 saturated heterocycles. The van der Waals surface area contributed by atoms with Crippen molar-refractivity contribution in [2.75, 3.05) is 10.7 Å². The van der Waals surface area contributed by atoms with E-state index in [0.717, 1.165) is 21.6 Å². The van der Waals surface area contributed by atoms with E-state index in [4.69, 9.17) is 0 Å². The van der Waals surface area contributed by atoms with Gasteiger partial charge in [-0.25, -0.2) is 0 Å². The molecular weight excluding hydrogens is 456 g/mol. The van der Waals surface area contributed by atoms with Crippen LogP contribution in [0.1, 0.15) is 22.3 Å². The molecule has 0 unspecified atom stereocenters. The zero-order valence-corrected chi connectivity index (χ0v) is 17.1. The van der Waals surface area contributed by atoms with Crippen molar-refractivity contribution in [3.05, 3.63) is 69.2 Å². The van der Waals surface area contributed by atoms with E-state index in [0.29, 0.717) is 0 Å². The summed E-state index contributed by atoms with van der Waals surface area (Å²) in [7, 11) is 0. The normalized spacial score (nSPS) is 11.7. The molecule has 0 aromatic heterocycles. The van der Waals surface area contributed by atoms with Crippen LogP contribution in [-0.2, 0) is 11.8 Å². The van der Waals surface area contributed by atoms with Gasteiger partial charge in [0.05, 0.1) is 0 Å². The van der Waals surface area contributed by atoms with Crippen molar-refractivity contribution in [3.63, 3.8) is 0 Å². The van der Waals surface area contributed by atoms with E-state index in [9.17, 15) is 0 Å². The van der Waals surface area contributed by atoms with Crippen molar-refractivity contribution in [1.29, 1.82) is 0 Å². The molecule has 0 aliphatic carbocycles. The molecule has 0 N–H and O–H groups in total. The minimum atomic E-state index is 0.0610. The number of alkyl halides is 2. The van der Waals surface area contributed by atoms with Crippen LogP contribution in [0, 0.1) is 13.8 Å².